The van der Waals surface area contributed by atoms with Gasteiger partial charge in [-0.05, 0) is 40.6 Å². The van der Waals surface area contributed by atoms with E-state index in [1.165, 1.54) is 18.4 Å². The highest BCUT2D eigenvalue weighted by Crippen LogP contribution is 2.44. The molecule has 2 atom stereocenters. The van der Waals surface area contributed by atoms with Gasteiger partial charge in [0.1, 0.15) is 6.17 Å². The van der Waals surface area contributed by atoms with Gasteiger partial charge in [0.15, 0.2) is 0 Å². The van der Waals surface area contributed by atoms with E-state index >= 15 is 0 Å². The Morgan fingerprint density at radius 2 is 2.33 bits per heavy atom. The zero-order valence-electron chi connectivity index (χ0n) is 11.0. The van der Waals surface area contributed by atoms with Gasteiger partial charge in [-0.3, -0.25) is 10.1 Å². The molecule has 98 valence electrons. The fourth-order valence-electron chi connectivity index (χ4n) is 3.40. The van der Waals surface area contributed by atoms with Crippen LogP contribution in [0.1, 0.15) is 44.8 Å². The Labute approximate surface area is 112 Å². The number of nitrogens with one attached hydrogen (secondary N) is 1. The molecule has 1 saturated heterocycles. The summed E-state index contributed by atoms with van der Waals surface area (Å²) < 4.78 is 0. The summed E-state index contributed by atoms with van der Waals surface area (Å²) in [6.07, 6.45) is 3.68. The summed E-state index contributed by atoms with van der Waals surface area (Å²) >= 11 is 1.69. The summed E-state index contributed by atoms with van der Waals surface area (Å²) in [4.78, 5) is 14.3. The predicted octanol–water partition coefficient (Wildman–Crippen LogP) is 2.76. The van der Waals surface area contributed by atoms with Crippen LogP contribution in [-0.2, 0) is 4.79 Å². The molecule has 1 aromatic heterocycles. The zero-order valence-corrected chi connectivity index (χ0v) is 11.8. The van der Waals surface area contributed by atoms with E-state index in [0.29, 0.717) is 12.6 Å². The molecule has 1 aliphatic heterocycles. The molecular formula is C14H20N2OS. The largest absolute Gasteiger partial charge is 0.318 e. The van der Waals surface area contributed by atoms with Crippen LogP contribution in [0, 0.1) is 5.41 Å². The SMILES string of the molecule is CC1(C)CCCC1N1C(=O)CNC1c1ccsc1. The van der Waals surface area contributed by atoms with E-state index in [4.69, 9.17) is 0 Å². The van der Waals surface area contributed by atoms with Crippen molar-refractivity contribution >= 4 is 17.2 Å². The maximum atomic E-state index is 12.2. The summed E-state index contributed by atoms with van der Waals surface area (Å²) in [5, 5.41) is 7.58. The summed E-state index contributed by atoms with van der Waals surface area (Å²) in [5.74, 6) is 0.256. The summed E-state index contributed by atoms with van der Waals surface area (Å²) in [5.41, 5.74) is 1.48. The first kappa shape index (κ1) is 12.2. The molecule has 3 nitrogen and oxygen atoms in total. The van der Waals surface area contributed by atoms with Crippen molar-refractivity contribution in [1.82, 2.24) is 10.2 Å². The second-order valence-corrected chi connectivity index (χ2v) is 6.82. The maximum Gasteiger partial charge on any atom is 0.238 e. The Morgan fingerprint density at radius 1 is 1.50 bits per heavy atom. The quantitative estimate of drug-likeness (QED) is 0.891. The molecule has 3 rings (SSSR count). The van der Waals surface area contributed by atoms with E-state index in [-0.39, 0.29) is 17.5 Å². The average Bonchev–Trinajstić information content (AvgIpc) is 2.98. The minimum atomic E-state index is 0.0890. The van der Waals surface area contributed by atoms with E-state index < -0.39 is 0 Å². The van der Waals surface area contributed by atoms with Crippen molar-refractivity contribution in [3.05, 3.63) is 22.4 Å². The van der Waals surface area contributed by atoms with Gasteiger partial charge in [0.25, 0.3) is 0 Å². The number of carbonyl (C=O) groups is 1. The van der Waals surface area contributed by atoms with Crippen LogP contribution in [0.15, 0.2) is 16.8 Å². The number of thiophene rings is 1. The Hall–Kier alpha value is -0.870. The highest BCUT2D eigenvalue weighted by atomic mass is 32.1. The van der Waals surface area contributed by atoms with Crippen LogP contribution in [-0.4, -0.2) is 23.4 Å². The van der Waals surface area contributed by atoms with E-state index in [1.54, 1.807) is 11.3 Å². The van der Waals surface area contributed by atoms with E-state index in [1.807, 2.05) is 0 Å². The van der Waals surface area contributed by atoms with Crippen molar-refractivity contribution in [3.63, 3.8) is 0 Å². The summed E-state index contributed by atoms with van der Waals surface area (Å²) in [6, 6.07) is 2.50. The first-order valence-electron chi connectivity index (χ1n) is 6.66. The van der Waals surface area contributed by atoms with Crippen LogP contribution in [0.5, 0.6) is 0 Å². The van der Waals surface area contributed by atoms with Crippen molar-refractivity contribution in [2.45, 2.75) is 45.3 Å². The summed E-state index contributed by atoms with van der Waals surface area (Å²) in [7, 11) is 0. The molecule has 1 amide bonds. The normalized spacial score (nSPS) is 31.2. The van der Waals surface area contributed by atoms with Crippen molar-refractivity contribution in [1.29, 1.82) is 0 Å². The fourth-order valence-corrected chi connectivity index (χ4v) is 4.08. The van der Waals surface area contributed by atoms with E-state index in [0.717, 1.165) is 6.42 Å². The van der Waals surface area contributed by atoms with Crippen LogP contribution in [0.25, 0.3) is 0 Å². The van der Waals surface area contributed by atoms with E-state index in [9.17, 15) is 4.79 Å². The third kappa shape index (κ3) is 1.88. The molecule has 0 bridgehead atoms. The standard InChI is InChI=1S/C14H20N2OS/c1-14(2)6-3-4-11(14)16-12(17)8-15-13(16)10-5-7-18-9-10/h5,7,9,11,13,15H,3-4,6,8H2,1-2H3. The van der Waals surface area contributed by atoms with Gasteiger partial charge in [0.2, 0.25) is 5.91 Å². The first-order valence-corrected chi connectivity index (χ1v) is 7.60. The van der Waals surface area contributed by atoms with Gasteiger partial charge < -0.3 is 4.90 Å². The zero-order chi connectivity index (χ0) is 12.8. The molecular weight excluding hydrogens is 244 g/mol. The van der Waals surface area contributed by atoms with Crippen LogP contribution < -0.4 is 5.32 Å². The number of nitrogens with zero attached hydrogens (tertiary/aromatic N) is 1. The molecule has 2 heterocycles. The third-order valence-corrected chi connectivity index (χ3v) is 5.11. The highest BCUT2D eigenvalue weighted by Gasteiger charge is 2.45. The molecule has 4 heteroatoms. The summed E-state index contributed by atoms with van der Waals surface area (Å²) in [6.45, 7) is 5.06. The lowest BCUT2D eigenvalue weighted by Crippen LogP contribution is -2.45. The lowest BCUT2D eigenvalue weighted by Gasteiger charge is -2.38. The van der Waals surface area contributed by atoms with Gasteiger partial charge in [-0.25, -0.2) is 0 Å². The number of rotatable bonds is 2. The third-order valence-electron chi connectivity index (χ3n) is 4.41. The maximum absolute atomic E-state index is 12.2. The Morgan fingerprint density at radius 3 is 2.94 bits per heavy atom. The minimum absolute atomic E-state index is 0.0890. The molecule has 1 aliphatic carbocycles. The number of hydrogen-bond acceptors (Lipinski definition) is 3. The Balaban J connectivity index is 1.90. The van der Waals surface area contributed by atoms with Gasteiger partial charge in [-0.2, -0.15) is 11.3 Å². The minimum Gasteiger partial charge on any atom is -0.318 e. The molecule has 2 unspecified atom stereocenters. The highest BCUT2D eigenvalue weighted by molar-refractivity contribution is 7.07. The topological polar surface area (TPSA) is 32.3 Å². The molecule has 1 saturated carbocycles. The van der Waals surface area contributed by atoms with E-state index in [2.05, 4.69) is 40.9 Å². The Bertz CT molecular complexity index is 441. The monoisotopic (exact) mass is 264 g/mol. The van der Waals surface area contributed by atoms with Gasteiger partial charge in [-0.1, -0.05) is 20.3 Å². The predicted molar refractivity (Wildman–Crippen MR) is 73.3 cm³/mol. The lowest BCUT2D eigenvalue weighted by molar-refractivity contribution is -0.132. The van der Waals surface area contributed by atoms with Crippen LogP contribution in [0.2, 0.25) is 0 Å². The molecule has 1 aromatic rings. The van der Waals surface area contributed by atoms with Crippen molar-refractivity contribution in [2.24, 2.45) is 5.41 Å². The molecule has 18 heavy (non-hydrogen) atoms. The number of hydrogen-bond donors (Lipinski definition) is 1. The van der Waals surface area contributed by atoms with Gasteiger partial charge in [-0.15, -0.1) is 0 Å². The van der Waals surface area contributed by atoms with Gasteiger partial charge in [0, 0.05) is 6.04 Å². The van der Waals surface area contributed by atoms with Gasteiger partial charge >= 0.3 is 0 Å². The molecule has 0 spiro atoms. The molecule has 2 fully saturated rings. The lowest BCUT2D eigenvalue weighted by atomic mass is 9.86. The molecule has 1 N–H and O–H groups in total. The fraction of sp³-hybridized carbons (Fsp3) is 0.643. The van der Waals surface area contributed by atoms with Crippen molar-refractivity contribution in [3.8, 4) is 0 Å². The van der Waals surface area contributed by atoms with Crippen LogP contribution >= 0.6 is 11.3 Å². The molecule has 0 radical (unpaired) electrons. The second kappa shape index (κ2) is 4.35. The van der Waals surface area contributed by atoms with Crippen molar-refractivity contribution < 1.29 is 4.79 Å². The second-order valence-electron chi connectivity index (χ2n) is 6.04. The number of amides is 1. The van der Waals surface area contributed by atoms with Crippen LogP contribution in [0.4, 0.5) is 0 Å². The number of carbonyl (C=O) groups excluding carboxylic acids is 1. The first-order chi connectivity index (χ1) is 8.59. The van der Waals surface area contributed by atoms with Crippen LogP contribution in [0.3, 0.4) is 0 Å². The Kier molecular flexibility index (Phi) is 2.94. The van der Waals surface area contributed by atoms with Crippen molar-refractivity contribution in [2.75, 3.05) is 6.54 Å². The smallest absolute Gasteiger partial charge is 0.238 e. The average molecular weight is 264 g/mol. The molecule has 0 aromatic carbocycles. The van der Waals surface area contributed by atoms with Gasteiger partial charge in [0.05, 0.1) is 6.54 Å². The molecule has 2 aliphatic rings.